The SMILES string of the molecule is NCC(F)(F)Cc1nnc2ccccc2c1Cl. The molecule has 0 aliphatic heterocycles. The Hall–Kier alpha value is -1.33. The zero-order valence-corrected chi connectivity index (χ0v) is 9.59. The van der Waals surface area contributed by atoms with Crippen molar-refractivity contribution in [3.05, 3.63) is 35.0 Å². The fourth-order valence-corrected chi connectivity index (χ4v) is 1.75. The molecule has 0 unspecified atom stereocenters. The van der Waals surface area contributed by atoms with Gasteiger partial charge in [-0.2, -0.15) is 10.2 Å². The van der Waals surface area contributed by atoms with E-state index >= 15 is 0 Å². The van der Waals surface area contributed by atoms with E-state index in [1.54, 1.807) is 24.3 Å². The predicted octanol–water partition coefficient (Wildman–Crippen LogP) is 2.42. The average molecular weight is 258 g/mol. The quantitative estimate of drug-likeness (QED) is 0.919. The number of nitrogens with two attached hydrogens (primary N) is 1. The van der Waals surface area contributed by atoms with E-state index in [0.29, 0.717) is 10.9 Å². The van der Waals surface area contributed by atoms with E-state index < -0.39 is 18.9 Å². The summed E-state index contributed by atoms with van der Waals surface area (Å²) in [7, 11) is 0. The number of rotatable bonds is 3. The normalized spacial score (nSPS) is 12.0. The van der Waals surface area contributed by atoms with Crippen molar-refractivity contribution in [1.82, 2.24) is 10.2 Å². The number of halogens is 3. The Balaban J connectivity index is 2.46. The molecule has 0 aliphatic carbocycles. The first-order valence-corrected chi connectivity index (χ1v) is 5.39. The van der Waals surface area contributed by atoms with Gasteiger partial charge in [-0.1, -0.05) is 29.8 Å². The molecule has 0 saturated carbocycles. The Labute approximate surface area is 102 Å². The second kappa shape index (κ2) is 4.50. The van der Waals surface area contributed by atoms with Crippen molar-refractivity contribution in [2.24, 2.45) is 5.73 Å². The number of benzene rings is 1. The molecule has 17 heavy (non-hydrogen) atoms. The molecule has 3 nitrogen and oxygen atoms in total. The van der Waals surface area contributed by atoms with Crippen molar-refractivity contribution in [3.8, 4) is 0 Å². The fraction of sp³-hybridized carbons (Fsp3) is 0.273. The van der Waals surface area contributed by atoms with Gasteiger partial charge < -0.3 is 5.73 Å². The van der Waals surface area contributed by atoms with Crippen molar-refractivity contribution < 1.29 is 8.78 Å². The number of hydrogen-bond donors (Lipinski definition) is 1. The molecule has 0 fully saturated rings. The summed E-state index contributed by atoms with van der Waals surface area (Å²) in [4.78, 5) is 0. The van der Waals surface area contributed by atoms with Crippen molar-refractivity contribution in [2.45, 2.75) is 12.3 Å². The number of nitrogens with zero attached hydrogens (tertiary/aromatic N) is 2. The lowest BCUT2D eigenvalue weighted by Gasteiger charge is -2.13. The Bertz CT molecular complexity index is 545. The van der Waals surface area contributed by atoms with Crippen molar-refractivity contribution in [2.75, 3.05) is 6.54 Å². The molecule has 0 amide bonds. The lowest BCUT2D eigenvalue weighted by Crippen LogP contribution is -2.30. The van der Waals surface area contributed by atoms with Gasteiger partial charge in [0.05, 0.1) is 29.2 Å². The smallest absolute Gasteiger partial charge is 0.265 e. The van der Waals surface area contributed by atoms with E-state index in [9.17, 15) is 8.78 Å². The maximum atomic E-state index is 13.2. The van der Waals surface area contributed by atoms with E-state index in [2.05, 4.69) is 10.2 Å². The lowest BCUT2D eigenvalue weighted by atomic mass is 10.1. The Kier molecular flexibility index (Phi) is 3.22. The van der Waals surface area contributed by atoms with Gasteiger partial charge in [0.15, 0.2) is 0 Å². The molecule has 90 valence electrons. The summed E-state index contributed by atoms with van der Waals surface area (Å²) in [6.07, 6.45) is -0.597. The van der Waals surface area contributed by atoms with Crippen LogP contribution in [0.15, 0.2) is 24.3 Å². The summed E-state index contributed by atoms with van der Waals surface area (Å²) in [6, 6.07) is 6.98. The van der Waals surface area contributed by atoms with Crippen LogP contribution in [0.5, 0.6) is 0 Å². The van der Waals surface area contributed by atoms with Gasteiger partial charge in [-0.05, 0) is 6.07 Å². The zero-order chi connectivity index (χ0) is 12.5. The van der Waals surface area contributed by atoms with Crippen molar-refractivity contribution >= 4 is 22.5 Å². The molecule has 1 heterocycles. The van der Waals surface area contributed by atoms with Gasteiger partial charge in [0.25, 0.3) is 5.92 Å². The van der Waals surface area contributed by atoms with Crippen LogP contribution in [0.2, 0.25) is 5.02 Å². The molecule has 2 N–H and O–H groups in total. The number of fused-ring (bicyclic) bond motifs is 1. The van der Waals surface area contributed by atoms with Crippen LogP contribution in [0.3, 0.4) is 0 Å². The minimum atomic E-state index is -3.01. The van der Waals surface area contributed by atoms with Crippen LogP contribution >= 0.6 is 11.6 Å². The van der Waals surface area contributed by atoms with Crippen LogP contribution < -0.4 is 5.73 Å². The molecular weight excluding hydrogens is 248 g/mol. The highest BCUT2D eigenvalue weighted by Crippen LogP contribution is 2.27. The molecule has 0 spiro atoms. The molecular formula is C11H10ClF2N3. The van der Waals surface area contributed by atoms with Crippen LogP contribution in [0.4, 0.5) is 8.78 Å². The third-order valence-electron chi connectivity index (χ3n) is 2.40. The van der Waals surface area contributed by atoms with E-state index in [1.807, 2.05) is 0 Å². The van der Waals surface area contributed by atoms with Crippen molar-refractivity contribution in [3.63, 3.8) is 0 Å². The van der Waals surface area contributed by atoms with Crippen LogP contribution in [-0.4, -0.2) is 22.7 Å². The molecule has 0 aliphatic rings. The van der Waals surface area contributed by atoms with Gasteiger partial charge in [-0.15, -0.1) is 0 Å². The van der Waals surface area contributed by atoms with Crippen LogP contribution in [-0.2, 0) is 6.42 Å². The fourth-order valence-electron chi connectivity index (χ4n) is 1.49. The van der Waals surface area contributed by atoms with E-state index in [-0.39, 0.29) is 10.7 Å². The van der Waals surface area contributed by atoms with E-state index in [4.69, 9.17) is 17.3 Å². The predicted molar refractivity (Wildman–Crippen MR) is 62.3 cm³/mol. The van der Waals surface area contributed by atoms with Crippen LogP contribution in [0, 0.1) is 0 Å². The molecule has 2 rings (SSSR count). The summed E-state index contributed by atoms with van der Waals surface area (Å²) >= 11 is 6.03. The van der Waals surface area contributed by atoms with E-state index in [0.717, 1.165) is 0 Å². The summed E-state index contributed by atoms with van der Waals surface area (Å²) in [5, 5.41) is 8.40. The second-order valence-electron chi connectivity index (χ2n) is 3.71. The van der Waals surface area contributed by atoms with Gasteiger partial charge in [-0.3, -0.25) is 0 Å². The van der Waals surface area contributed by atoms with Crippen molar-refractivity contribution in [1.29, 1.82) is 0 Å². The molecule has 0 radical (unpaired) electrons. The highest BCUT2D eigenvalue weighted by molar-refractivity contribution is 6.35. The second-order valence-corrected chi connectivity index (χ2v) is 4.09. The zero-order valence-electron chi connectivity index (χ0n) is 8.83. The molecule has 1 aromatic heterocycles. The van der Waals surface area contributed by atoms with Crippen LogP contribution in [0.25, 0.3) is 10.9 Å². The molecule has 0 saturated heterocycles. The first-order chi connectivity index (χ1) is 8.03. The topological polar surface area (TPSA) is 51.8 Å². The van der Waals surface area contributed by atoms with Gasteiger partial charge >= 0.3 is 0 Å². The van der Waals surface area contributed by atoms with Gasteiger partial charge in [0, 0.05) is 5.39 Å². The van der Waals surface area contributed by atoms with Gasteiger partial charge in [0.2, 0.25) is 0 Å². The highest BCUT2D eigenvalue weighted by atomic mass is 35.5. The summed E-state index contributed by atoms with van der Waals surface area (Å²) in [5.74, 6) is -3.01. The average Bonchev–Trinajstić information content (AvgIpc) is 2.33. The van der Waals surface area contributed by atoms with Gasteiger partial charge in [0.1, 0.15) is 0 Å². The Morgan fingerprint density at radius 2 is 1.94 bits per heavy atom. The molecule has 6 heteroatoms. The monoisotopic (exact) mass is 257 g/mol. The first kappa shape index (κ1) is 12.1. The molecule has 0 bridgehead atoms. The molecule has 0 atom stereocenters. The summed E-state index contributed by atoms with van der Waals surface area (Å²) in [6.45, 7) is -0.738. The Morgan fingerprint density at radius 1 is 1.24 bits per heavy atom. The van der Waals surface area contributed by atoms with Crippen LogP contribution in [0.1, 0.15) is 5.69 Å². The third-order valence-corrected chi connectivity index (χ3v) is 2.82. The third kappa shape index (κ3) is 2.50. The highest BCUT2D eigenvalue weighted by Gasteiger charge is 2.29. The largest absolute Gasteiger partial charge is 0.325 e. The standard InChI is InChI=1S/C11H10ClF2N3/c12-10-7-3-1-2-4-8(7)16-17-9(10)5-11(13,14)6-15/h1-4H,5-6,15H2. The molecule has 2 aromatic rings. The Morgan fingerprint density at radius 3 is 2.65 bits per heavy atom. The van der Waals surface area contributed by atoms with Gasteiger partial charge in [-0.25, -0.2) is 8.78 Å². The maximum absolute atomic E-state index is 13.2. The van der Waals surface area contributed by atoms with E-state index in [1.165, 1.54) is 0 Å². The summed E-state index contributed by atoms with van der Waals surface area (Å²) in [5.41, 5.74) is 5.63. The lowest BCUT2D eigenvalue weighted by molar-refractivity contribution is 0.0104. The number of aromatic nitrogens is 2. The minimum Gasteiger partial charge on any atom is -0.325 e. The number of hydrogen-bond acceptors (Lipinski definition) is 3. The summed E-state index contributed by atoms with van der Waals surface area (Å²) < 4.78 is 26.3. The number of alkyl halides is 2. The first-order valence-electron chi connectivity index (χ1n) is 5.01. The molecule has 1 aromatic carbocycles. The minimum absolute atomic E-state index is 0.0702. The maximum Gasteiger partial charge on any atom is 0.265 e.